The lowest BCUT2D eigenvalue weighted by Gasteiger charge is -2.20. The Labute approximate surface area is 131 Å². The minimum atomic E-state index is -4.79. The third-order valence-electron chi connectivity index (χ3n) is 3.66. The molecular weight excluding hydrogens is 315 g/mol. The quantitative estimate of drug-likeness (QED) is 0.738. The molecule has 8 heteroatoms. The molecule has 1 aliphatic rings. The number of hydrogen-bond donors (Lipinski definition) is 3. The lowest BCUT2D eigenvalue weighted by Crippen LogP contribution is -2.43. The third-order valence-corrected chi connectivity index (χ3v) is 3.66. The van der Waals surface area contributed by atoms with Crippen LogP contribution in [0.5, 0.6) is 5.75 Å². The lowest BCUT2D eigenvalue weighted by atomic mass is 10.1. The fourth-order valence-corrected chi connectivity index (χ4v) is 2.30. The zero-order chi connectivity index (χ0) is 17.3. The van der Waals surface area contributed by atoms with Gasteiger partial charge in [0.25, 0.3) is 0 Å². The summed E-state index contributed by atoms with van der Waals surface area (Å²) in [6.45, 7) is 0.722. The van der Waals surface area contributed by atoms with Crippen LogP contribution in [0.3, 0.4) is 0 Å². The molecule has 1 aromatic carbocycles. The van der Waals surface area contributed by atoms with Gasteiger partial charge >= 0.3 is 6.36 Å². The standard InChI is InChI=1S/C15H18F3NO4/c1-14(22,8-20)7-19-13(21)11-6-10(11)9-4-2-3-5-12(9)23-15(16,17)18/h2-5,10-11,20,22H,6-8H2,1H3,(H,19,21)/t10-,11-,14-/m1/s1. The maximum atomic E-state index is 12.4. The number of amides is 1. The van der Waals surface area contributed by atoms with E-state index in [0.717, 1.165) is 0 Å². The molecule has 1 fully saturated rings. The topological polar surface area (TPSA) is 78.8 Å². The normalized spacial score (nSPS) is 23.0. The van der Waals surface area contributed by atoms with Gasteiger partial charge < -0.3 is 20.3 Å². The highest BCUT2D eigenvalue weighted by Gasteiger charge is 2.46. The van der Waals surface area contributed by atoms with Gasteiger partial charge in [-0.1, -0.05) is 18.2 Å². The highest BCUT2D eigenvalue weighted by molar-refractivity contribution is 5.83. The van der Waals surface area contributed by atoms with Gasteiger partial charge in [-0.25, -0.2) is 0 Å². The first-order valence-electron chi connectivity index (χ1n) is 7.08. The molecule has 0 unspecified atom stereocenters. The molecule has 0 spiro atoms. The van der Waals surface area contributed by atoms with E-state index >= 15 is 0 Å². The van der Waals surface area contributed by atoms with Gasteiger partial charge in [0.2, 0.25) is 5.91 Å². The van der Waals surface area contributed by atoms with Crippen LogP contribution in [-0.4, -0.2) is 41.2 Å². The highest BCUT2D eigenvalue weighted by Crippen LogP contribution is 2.51. The van der Waals surface area contributed by atoms with Gasteiger partial charge in [-0.05, 0) is 30.9 Å². The number of alkyl halides is 3. The number of aliphatic hydroxyl groups is 2. The summed E-state index contributed by atoms with van der Waals surface area (Å²) < 4.78 is 41.2. The zero-order valence-corrected chi connectivity index (χ0v) is 12.4. The van der Waals surface area contributed by atoms with Crippen molar-refractivity contribution in [3.63, 3.8) is 0 Å². The Kier molecular flexibility index (Phi) is 4.86. The predicted molar refractivity (Wildman–Crippen MR) is 74.7 cm³/mol. The van der Waals surface area contributed by atoms with E-state index in [1.54, 1.807) is 6.07 Å². The molecular formula is C15H18F3NO4. The maximum absolute atomic E-state index is 12.4. The Morgan fingerprint density at radius 2 is 2.04 bits per heavy atom. The SMILES string of the molecule is C[C@](O)(CO)CNC(=O)[C@@H]1C[C@@H]1c1ccccc1OC(F)(F)F. The number of ether oxygens (including phenoxy) is 1. The first-order chi connectivity index (χ1) is 10.6. The summed E-state index contributed by atoms with van der Waals surface area (Å²) in [4.78, 5) is 12.0. The van der Waals surface area contributed by atoms with Gasteiger partial charge in [0.1, 0.15) is 11.4 Å². The fraction of sp³-hybridized carbons (Fsp3) is 0.533. The van der Waals surface area contributed by atoms with Crippen molar-refractivity contribution in [2.45, 2.75) is 31.2 Å². The van der Waals surface area contributed by atoms with Crippen molar-refractivity contribution < 1.29 is 32.9 Å². The summed E-state index contributed by atoms with van der Waals surface area (Å²) in [5.41, 5.74) is -1.10. The molecule has 5 nitrogen and oxygen atoms in total. The molecule has 0 heterocycles. The number of halogens is 3. The van der Waals surface area contributed by atoms with E-state index < -0.39 is 24.5 Å². The minimum Gasteiger partial charge on any atom is -0.405 e. The van der Waals surface area contributed by atoms with E-state index in [1.165, 1.54) is 25.1 Å². The molecule has 1 amide bonds. The van der Waals surface area contributed by atoms with Crippen molar-refractivity contribution in [3.05, 3.63) is 29.8 Å². The van der Waals surface area contributed by atoms with Gasteiger partial charge in [-0.15, -0.1) is 13.2 Å². The van der Waals surface area contributed by atoms with Crippen molar-refractivity contribution in [2.75, 3.05) is 13.2 Å². The maximum Gasteiger partial charge on any atom is 0.573 e. The van der Waals surface area contributed by atoms with E-state index in [2.05, 4.69) is 10.1 Å². The molecule has 1 aromatic rings. The number of benzene rings is 1. The van der Waals surface area contributed by atoms with Crippen LogP contribution in [0, 0.1) is 5.92 Å². The molecule has 0 saturated heterocycles. The summed E-state index contributed by atoms with van der Waals surface area (Å²) in [6, 6.07) is 5.73. The monoisotopic (exact) mass is 333 g/mol. The first-order valence-corrected chi connectivity index (χ1v) is 7.08. The van der Waals surface area contributed by atoms with E-state index in [9.17, 15) is 23.1 Å². The number of para-hydroxylation sites is 1. The van der Waals surface area contributed by atoms with Crippen LogP contribution in [-0.2, 0) is 4.79 Å². The molecule has 128 valence electrons. The summed E-state index contributed by atoms with van der Waals surface area (Å²) in [5, 5.41) is 21.0. The second-order valence-electron chi connectivity index (χ2n) is 5.91. The number of aliphatic hydroxyl groups excluding tert-OH is 1. The van der Waals surface area contributed by atoms with Crippen LogP contribution in [0.4, 0.5) is 13.2 Å². The first kappa shape index (κ1) is 17.6. The molecule has 0 bridgehead atoms. The van der Waals surface area contributed by atoms with Crippen LogP contribution in [0.15, 0.2) is 24.3 Å². The van der Waals surface area contributed by atoms with E-state index in [0.29, 0.717) is 12.0 Å². The molecule has 0 radical (unpaired) electrons. The average molecular weight is 333 g/mol. The number of rotatable bonds is 6. The highest BCUT2D eigenvalue weighted by atomic mass is 19.4. The van der Waals surface area contributed by atoms with Crippen LogP contribution in [0.1, 0.15) is 24.8 Å². The summed E-state index contributed by atoms with van der Waals surface area (Å²) in [7, 11) is 0. The molecule has 2 rings (SSSR count). The molecule has 0 aliphatic heterocycles. The van der Waals surface area contributed by atoms with Crippen molar-refractivity contribution in [1.29, 1.82) is 0 Å². The van der Waals surface area contributed by atoms with Crippen molar-refractivity contribution in [3.8, 4) is 5.75 Å². The number of hydrogen-bond acceptors (Lipinski definition) is 4. The Balaban J connectivity index is 2.00. The van der Waals surface area contributed by atoms with E-state index in [4.69, 9.17) is 5.11 Å². The Hall–Kier alpha value is -1.80. The number of carbonyl (C=O) groups is 1. The molecule has 3 N–H and O–H groups in total. The number of carbonyl (C=O) groups excluding carboxylic acids is 1. The zero-order valence-electron chi connectivity index (χ0n) is 12.4. The largest absolute Gasteiger partial charge is 0.573 e. The van der Waals surface area contributed by atoms with Crippen LogP contribution in [0.2, 0.25) is 0 Å². The number of nitrogens with one attached hydrogen (secondary N) is 1. The second-order valence-corrected chi connectivity index (χ2v) is 5.91. The Bertz CT molecular complexity index is 574. The molecule has 3 atom stereocenters. The second kappa shape index (κ2) is 6.37. The predicted octanol–water partition coefficient (Wildman–Crippen LogP) is 1.55. The average Bonchev–Trinajstić information content (AvgIpc) is 3.24. The van der Waals surface area contributed by atoms with Crippen LogP contribution in [0.25, 0.3) is 0 Å². The van der Waals surface area contributed by atoms with Crippen molar-refractivity contribution in [2.24, 2.45) is 5.92 Å². The molecule has 0 aromatic heterocycles. The van der Waals surface area contributed by atoms with Gasteiger partial charge in [0.05, 0.1) is 6.61 Å². The fourth-order valence-electron chi connectivity index (χ4n) is 2.30. The minimum absolute atomic E-state index is 0.133. The van der Waals surface area contributed by atoms with Gasteiger partial charge in [-0.2, -0.15) is 0 Å². The summed E-state index contributed by atoms with van der Waals surface area (Å²) >= 11 is 0. The van der Waals surface area contributed by atoms with Gasteiger partial charge in [0, 0.05) is 12.5 Å². The van der Waals surface area contributed by atoms with Crippen molar-refractivity contribution in [1.82, 2.24) is 5.32 Å². The lowest BCUT2D eigenvalue weighted by molar-refractivity contribution is -0.274. The van der Waals surface area contributed by atoms with E-state index in [-0.39, 0.29) is 24.1 Å². The molecule has 1 aliphatic carbocycles. The Morgan fingerprint density at radius 1 is 1.39 bits per heavy atom. The van der Waals surface area contributed by atoms with Crippen LogP contribution < -0.4 is 10.1 Å². The van der Waals surface area contributed by atoms with Crippen molar-refractivity contribution >= 4 is 5.91 Å². The van der Waals surface area contributed by atoms with Gasteiger partial charge in [0.15, 0.2) is 0 Å². The Morgan fingerprint density at radius 3 is 2.65 bits per heavy atom. The molecule has 23 heavy (non-hydrogen) atoms. The summed E-state index contributed by atoms with van der Waals surface area (Å²) in [6.07, 6.45) is -4.38. The van der Waals surface area contributed by atoms with Crippen LogP contribution >= 0.6 is 0 Å². The molecule has 1 saturated carbocycles. The summed E-state index contributed by atoms with van der Waals surface area (Å²) in [5.74, 6) is -1.50. The smallest absolute Gasteiger partial charge is 0.405 e. The van der Waals surface area contributed by atoms with E-state index in [1.807, 2.05) is 0 Å². The third kappa shape index (κ3) is 4.84. The van der Waals surface area contributed by atoms with Gasteiger partial charge in [-0.3, -0.25) is 4.79 Å².